The smallest absolute Gasteiger partial charge is 0.188 e. The van der Waals surface area contributed by atoms with Gasteiger partial charge in [0.25, 0.3) is 0 Å². The molecule has 0 amide bonds. The van der Waals surface area contributed by atoms with Crippen molar-refractivity contribution in [3.63, 3.8) is 0 Å². The van der Waals surface area contributed by atoms with Gasteiger partial charge in [-0.25, -0.2) is 4.98 Å². The molecule has 6 nitrogen and oxygen atoms in total. The fourth-order valence-corrected chi connectivity index (χ4v) is 2.35. The summed E-state index contributed by atoms with van der Waals surface area (Å²) in [7, 11) is 1.90. The molecule has 7 heteroatoms. The van der Waals surface area contributed by atoms with E-state index in [1.165, 1.54) is 0 Å². The maximum Gasteiger partial charge on any atom is 0.188 e. The highest BCUT2D eigenvalue weighted by molar-refractivity contribution is 6.29. The van der Waals surface area contributed by atoms with Gasteiger partial charge in [-0.2, -0.15) is 5.10 Å². The molecule has 3 aromatic heterocycles. The Labute approximate surface area is 115 Å². The molecule has 0 aromatic carbocycles. The van der Waals surface area contributed by atoms with Crippen LogP contribution in [0.2, 0.25) is 5.15 Å². The fourth-order valence-electron chi connectivity index (χ4n) is 2.13. The number of rotatable bonds is 2. The molecule has 0 bridgehead atoms. The predicted molar refractivity (Wildman–Crippen MR) is 72.1 cm³/mol. The largest absolute Gasteiger partial charge is 0.264 e. The van der Waals surface area contributed by atoms with E-state index in [0.717, 1.165) is 29.5 Å². The molecule has 0 aliphatic carbocycles. The summed E-state index contributed by atoms with van der Waals surface area (Å²) < 4.78 is 3.69. The molecule has 0 spiro atoms. The zero-order chi connectivity index (χ0) is 13.6. The standard InChI is InChI=1S/C12H13ClN6/c1-4-8-5-9(18(3)17-8)12-16-15-11-6-10(13)14-7(2)19(11)12/h5-6H,4H2,1-3H3. The minimum absolute atomic E-state index is 0.420. The van der Waals surface area contributed by atoms with Crippen molar-refractivity contribution in [3.05, 3.63) is 28.8 Å². The number of fused-ring (bicyclic) bond motifs is 1. The third kappa shape index (κ3) is 1.88. The van der Waals surface area contributed by atoms with E-state index >= 15 is 0 Å². The van der Waals surface area contributed by atoms with Crippen LogP contribution >= 0.6 is 11.6 Å². The van der Waals surface area contributed by atoms with Crippen molar-refractivity contribution >= 4 is 17.2 Å². The van der Waals surface area contributed by atoms with Gasteiger partial charge in [0, 0.05) is 13.1 Å². The topological polar surface area (TPSA) is 60.9 Å². The fraction of sp³-hybridized carbons (Fsp3) is 0.333. The maximum absolute atomic E-state index is 5.93. The van der Waals surface area contributed by atoms with Crippen molar-refractivity contribution in [2.75, 3.05) is 0 Å². The lowest BCUT2D eigenvalue weighted by atomic mass is 10.3. The molecule has 0 saturated carbocycles. The molecule has 98 valence electrons. The lowest BCUT2D eigenvalue weighted by Gasteiger charge is -2.03. The van der Waals surface area contributed by atoms with Gasteiger partial charge >= 0.3 is 0 Å². The number of aryl methyl sites for hydroxylation is 3. The molecule has 3 heterocycles. The lowest BCUT2D eigenvalue weighted by Crippen LogP contribution is -2.01. The van der Waals surface area contributed by atoms with Crippen LogP contribution in [0.4, 0.5) is 0 Å². The first-order valence-electron chi connectivity index (χ1n) is 6.01. The Morgan fingerprint density at radius 2 is 2.05 bits per heavy atom. The summed E-state index contributed by atoms with van der Waals surface area (Å²) in [6.45, 7) is 3.95. The van der Waals surface area contributed by atoms with Crippen molar-refractivity contribution < 1.29 is 0 Å². The molecule has 3 aromatic rings. The Morgan fingerprint density at radius 3 is 2.74 bits per heavy atom. The third-order valence-electron chi connectivity index (χ3n) is 3.05. The van der Waals surface area contributed by atoms with E-state index in [1.807, 2.05) is 29.1 Å². The molecule has 0 saturated heterocycles. The monoisotopic (exact) mass is 276 g/mol. The second-order valence-electron chi connectivity index (χ2n) is 4.34. The Bertz CT molecular complexity index is 757. The van der Waals surface area contributed by atoms with Crippen LogP contribution in [0.25, 0.3) is 17.2 Å². The summed E-state index contributed by atoms with van der Waals surface area (Å²) in [6.07, 6.45) is 0.883. The van der Waals surface area contributed by atoms with Gasteiger partial charge in [0.05, 0.1) is 5.69 Å². The second-order valence-corrected chi connectivity index (χ2v) is 4.73. The van der Waals surface area contributed by atoms with Crippen LogP contribution in [0.15, 0.2) is 12.1 Å². The molecule has 19 heavy (non-hydrogen) atoms. The van der Waals surface area contributed by atoms with Gasteiger partial charge in [0.2, 0.25) is 0 Å². The molecule has 3 rings (SSSR count). The van der Waals surface area contributed by atoms with Gasteiger partial charge in [-0.3, -0.25) is 9.08 Å². The van der Waals surface area contributed by atoms with Gasteiger partial charge < -0.3 is 0 Å². The summed E-state index contributed by atoms with van der Waals surface area (Å²) in [4.78, 5) is 4.24. The Morgan fingerprint density at radius 1 is 1.26 bits per heavy atom. The number of nitrogens with zero attached hydrogens (tertiary/aromatic N) is 6. The molecule has 0 atom stereocenters. The highest BCUT2D eigenvalue weighted by Crippen LogP contribution is 2.21. The average molecular weight is 277 g/mol. The Hall–Kier alpha value is -1.95. The number of hydrogen-bond donors (Lipinski definition) is 0. The van der Waals surface area contributed by atoms with Crippen LogP contribution in [0.3, 0.4) is 0 Å². The van der Waals surface area contributed by atoms with Crippen molar-refractivity contribution in [1.82, 2.24) is 29.4 Å². The number of halogens is 1. The number of hydrogen-bond acceptors (Lipinski definition) is 4. The van der Waals surface area contributed by atoms with Crippen molar-refractivity contribution in [1.29, 1.82) is 0 Å². The zero-order valence-electron chi connectivity index (χ0n) is 10.9. The Kier molecular flexibility index (Phi) is 2.74. The van der Waals surface area contributed by atoms with Gasteiger partial charge in [-0.1, -0.05) is 18.5 Å². The minimum atomic E-state index is 0.420. The maximum atomic E-state index is 5.93. The van der Waals surface area contributed by atoms with Crippen molar-refractivity contribution in [2.45, 2.75) is 20.3 Å². The van der Waals surface area contributed by atoms with E-state index in [9.17, 15) is 0 Å². The van der Waals surface area contributed by atoms with Crippen molar-refractivity contribution in [3.8, 4) is 11.5 Å². The highest BCUT2D eigenvalue weighted by atomic mass is 35.5. The first-order valence-corrected chi connectivity index (χ1v) is 6.39. The van der Waals surface area contributed by atoms with E-state index < -0.39 is 0 Å². The first kappa shape index (κ1) is 12.1. The van der Waals surface area contributed by atoms with Gasteiger partial charge in [0.1, 0.15) is 16.7 Å². The van der Waals surface area contributed by atoms with Crippen LogP contribution in [-0.4, -0.2) is 29.4 Å². The molecule has 0 unspecified atom stereocenters. The third-order valence-corrected chi connectivity index (χ3v) is 3.24. The van der Waals surface area contributed by atoms with E-state index in [2.05, 4.69) is 27.2 Å². The van der Waals surface area contributed by atoms with E-state index in [4.69, 9.17) is 11.6 Å². The zero-order valence-corrected chi connectivity index (χ0v) is 11.7. The predicted octanol–water partition coefficient (Wildman–Crippen LogP) is 2.05. The Balaban J connectivity index is 2.28. The van der Waals surface area contributed by atoms with E-state index in [1.54, 1.807) is 6.07 Å². The summed E-state index contributed by atoms with van der Waals surface area (Å²) >= 11 is 5.93. The lowest BCUT2D eigenvalue weighted by molar-refractivity contribution is 0.746. The van der Waals surface area contributed by atoms with Gasteiger partial charge in [-0.15, -0.1) is 10.2 Å². The summed E-state index contributed by atoms with van der Waals surface area (Å²) in [6, 6.07) is 3.71. The average Bonchev–Trinajstić information content (AvgIpc) is 2.92. The molecular weight excluding hydrogens is 264 g/mol. The molecule has 0 aliphatic rings. The quantitative estimate of drug-likeness (QED) is 0.672. The van der Waals surface area contributed by atoms with Crippen LogP contribution < -0.4 is 0 Å². The van der Waals surface area contributed by atoms with Crippen LogP contribution in [-0.2, 0) is 13.5 Å². The summed E-state index contributed by atoms with van der Waals surface area (Å²) in [5.41, 5.74) is 2.62. The SMILES string of the molecule is CCc1cc(-c2nnc3cc(Cl)nc(C)n23)n(C)n1. The highest BCUT2D eigenvalue weighted by Gasteiger charge is 2.15. The molecule has 0 fully saturated rings. The normalized spacial score (nSPS) is 11.4. The van der Waals surface area contributed by atoms with Crippen molar-refractivity contribution in [2.24, 2.45) is 7.05 Å². The first-order chi connectivity index (χ1) is 9.10. The van der Waals surface area contributed by atoms with Gasteiger partial charge in [-0.05, 0) is 19.4 Å². The van der Waals surface area contributed by atoms with Gasteiger partial charge in [0.15, 0.2) is 11.5 Å². The molecular formula is C12H13ClN6. The van der Waals surface area contributed by atoms with E-state index in [-0.39, 0.29) is 0 Å². The molecule has 0 aliphatic heterocycles. The number of aromatic nitrogens is 6. The summed E-state index contributed by atoms with van der Waals surface area (Å²) in [5, 5.41) is 13.2. The van der Waals surface area contributed by atoms with Crippen LogP contribution in [0.1, 0.15) is 18.4 Å². The van der Waals surface area contributed by atoms with Crippen LogP contribution in [0, 0.1) is 6.92 Å². The molecule has 0 N–H and O–H groups in total. The van der Waals surface area contributed by atoms with E-state index in [0.29, 0.717) is 10.8 Å². The minimum Gasteiger partial charge on any atom is -0.264 e. The molecule has 0 radical (unpaired) electrons. The second kappa shape index (κ2) is 4.31. The van der Waals surface area contributed by atoms with Crippen LogP contribution in [0.5, 0.6) is 0 Å². The summed E-state index contributed by atoms with van der Waals surface area (Å²) in [5.74, 6) is 1.48.